The van der Waals surface area contributed by atoms with Crippen LogP contribution in [-0.4, -0.2) is 28.9 Å². The molecule has 2 heterocycles. The van der Waals surface area contributed by atoms with E-state index in [1.165, 1.54) is 0 Å². The Kier molecular flexibility index (Phi) is 4.55. The summed E-state index contributed by atoms with van der Waals surface area (Å²) >= 11 is 0. The first-order chi connectivity index (χ1) is 12.8. The first-order valence-corrected chi connectivity index (χ1v) is 8.51. The fraction of sp³-hybridized carbons (Fsp3) is 0.200. The smallest absolute Gasteiger partial charge is 0.251 e. The Balaban J connectivity index is 1.36. The number of ether oxygens (including phenoxy) is 2. The molecule has 0 fully saturated rings. The van der Waals surface area contributed by atoms with E-state index in [9.17, 15) is 4.79 Å². The summed E-state index contributed by atoms with van der Waals surface area (Å²) in [6.07, 6.45) is 3.66. The summed E-state index contributed by atoms with van der Waals surface area (Å²) in [5.41, 5.74) is 2.70. The number of hydrogen-bond acceptors (Lipinski definition) is 4. The van der Waals surface area contributed by atoms with Gasteiger partial charge in [0.05, 0.1) is 6.54 Å². The summed E-state index contributed by atoms with van der Waals surface area (Å²) in [4.78, 5) is 12.4. The second-order valence-corrected chi connectivity index (χ2v) is 6.06. The minimum Gasteiger partial charge on any atom is -0.486 e. The van der Waals surface area contributed by atoms with Crippen LogP contribution >= 0.6 is 0 Å². The van der Waals surface area contributed by atoms with Crippen LogP contribution in [0.5, 0.6) is 11.5 Å². The summed E-state index contributed by atoms with van der Waals surface area (Å²) in [6.45, 7) is 2.24. The van der Waals surface area contributed by atoms with Crippen molar-refractivity contribution in [2.24, 2.45) is 0 Å². The Morgan fingerprint density at radius 1 is 1.04 bits per heavy atom. The highest BCUT2D eigenvalue weighted by Gasteiger charge is 2.12. The van der Waals surface area contributed by atoms with E-state index in [1.54, 1.807) is 6.20 Å². The third-order valence-corrected chi connectivity index (χ3v) is 4.18. The lowest BCUT2D eigenvalue weighted by molar-refractivity contribution is 0.0951. The number of amides is 1. The molecule has 1 amide bonds. The van der Waals surface area contributed by atoms with Crippen LogP contribution in [-0.2, 0) is 13.1 Å². The topological polar surface area (TPSA) is 65.4 Å². The summed E-state index contributed by atoms with van der Waals surface area (Å²) in [5, 5.41) is 7.12. The van der Waals surface area contributed by atoms with Gasteiger partial charge in [-0.2, -0.15) is 5.10 Å². The molecule has 0 bridgehead atoms. The third-order valence-electron chi connectivity index (χ3n) is 4.18. The zero-order valence-corrected chi connectivity index (χ0v) is 14.2. The monoisotopic (exact) mass is 349 g/mol. The average Bonchev–Trinajstić information content (AvgIpc) is 3.19. The molecular weight excluding hydrogens is 330 g/mol. The van der Waals surface area contributed by atoms with Gasteiger partial charge in [0.2, 0.25) is 0 Å². The zero-order chi connectivity index (χ0) is 17.8. The Labute approximate surface area is 151 Å². The highest BCUT2D eigenvalue weighted by atomic mass is 16.6. The molecule has 0 unspecified atom stereocenters. The molecular formula is C20H19N3O3. The Morgan fingerprint density at radius 3 is 2.58 bits per heavy atom. The molecule has 1 aliphatic heterocycles. The maximum absolute atomic E-state index is 12.4. The Morgan fingerprint density at radius 2 is 1.81 bits per heavy atom. The SMILES string of the molecule is O=C(NCc1ccc2c(c1)OCCO2)c1ccc(Cn2cccn2)cc1. The molecule has 26 heavy (non-hydrogen) atoms. The van der Waals surface area contributed by atoms with E-state index >= 15 is 0 Å². The molecule has 6 heteroatoms. The van der Waals surface area contributed by atoms with E-state index in [0.29, 0.717) is 31.9 Å². The molecule has 6 nitrogen and oxygen atoms in total. The maximum atomic E-state index is 12.4. The van der Waals surface area contributed by atoms with Crippen LogP contribution in [0.3, 0.4) is 0 Å². The van der Waals surface area contributed by atoms with E-state index in [1.807, 2.05) is 59.4 Å². The summed E-state index contributed by atoms with van der Waals surface area (Å²) < 4.78 is 12.9. The van der Waals surface area contributed by atoms with Crippen molar-refractivity contribution in [2.45, 2.75) is 13.1 Å². The van der Waals surface area contributed by atoms with Crippen molar-refractivity contribution in [3.8, 4) is 11.5 Å². The van der Waals surface area contributed by atoms with Gasteiger partial charge >= 0.3 is 0 Å². The van der Waals surface area contributed by atoms with Crippen molar-refractivity contribution in [1.29, 1.82) is 0 Å². The second-order valence-electron chi connectivity index (χ2n) is 6.06. The van der Waals surface area contributed by atoms with Gasteiger partial charge in [0.15, 0.2) is 11.5 Å². The van der Waals surface area contributed by atoms with Gasteiger partial charge in [-0.15, -0.1) is 0 Å². The molecule has 0 spiro atoms. The number of fused-ring (bicyclic) bond motifs is 1. The van der Waals surface area contributed by atoms with Crippen molar-refractivity contribution in [3.63, 3.8) is 0 Å². The predicted octanol–water partition coefficient (Wildman–Crippen LogP) is 2.63. The highest BCUT2D eigenvalue weighted by Crippen LogP contribution is 2.30. The van der Waals surface area contributed by atoms with E-state index < -0.39 is 0 Å². The number of nitrogens with zero attached hydrogens (tertiary/aromatic N) is 2. The largest absolute Gasteiger partial charge is 0.486 e. The van der Waals surface area contributed by atoms with Crippen LogP contribution in [0.2, 0.25) is 0 Å². The fourth-order valence-corrected chi connectivity index (χ4v) is 2.82. The van der Waals surface area contributed by atoms with Crippen LogP contribution in [0.4, 0.5) is 0 Å². The number of hydrogen-bond donors (Lipinski definition) is 1. The van der Waals surface area contributed by atoms with Gasteiger partial charge < -0.3 is 14.8 Å². The quantitative estimate of drug-likeness (QED) is 0.769. The molecule has 0 radical (unpaired) electrons. The zero-order valence-electron chi connectivity index (χ0n) is 14.2. The van der Waals surface area contributed by atoms with Crippen LogP contribution in [0.25, 0.3) is 0 Å². The van der Waals surface area contributed by atoms with Gasteiger partial charge in [0, 0.05) is 24.5 Å². The lowest BCUT2D eigenvalue weighted by Gasteiger charge is -2.19. The van der Waals surface area contributed by atoms with Gasteiger partial charge in [0.1, 0.15) is 13.2 Å². The summed E-state index contributed by atoms with van der Waals surface area (Å²) in [5.74, 6) is 1.37. The van der Waals surface area contributed by atoms with Crippen molar-refractivity contribution >= 4 is 5.91 Å². The molecule has 2 aromatic carbocycles. The first kappa shape index (κ1) is 16.2. The van der Waals surface area contributed by atoms with Gasteiger partial charge in [-0.3, -0.25) is 9.48 Å². The molecule has 0 saturated carbocycles. The van der Waals surface area contributed by atoms with Crippen molar-refractivity contribution in [3.05, 3.63) is 77.6 Å². The normalized spacial score (nSPS) is 12.6. The van der Waals surface area contributed by atoms with Crippen LogP contribution in [0.1, 0.15) is 21.5 Å². The summed E-state index contributed by atoms with van der Waals surface area (Å²) in [6, 6.07) is 15.2. The van der Waals surface area contributed by atoms with E-state index in [0.717, 1.165) is 22.6 Å². The lowest BCUT2D eigenvalue weighted by atomic mass is 10.1. The minimum absolute atomic E-state index is 0.106. The van der Waals surface area contributed by atoms with Crippen molar-refractivity contribution in [2.75, 3.05) is 13.2 Å². The van der Waals surface area contributed by atoms with Gasteiger partial charge in [-0.1, -0.05) is 18.2 Å². The molecule has 132 valence electrons. The Bertz CT molecular complexity index is 889. The number of aromatic nitrogens is 2. The van der Waals surface area contributed by atoms with Gasteiger partial charge in [-0.25, -0.2) is 0 Å². The standard InChI is InChI=1S/C20H19N3O3/c24-20(17-5-2-15(3-6-17)14-23-9-1-8-22-23)21-13-16-4-7-18-19(12-16)26-11-10-25-18/h1-9,12H,10-11,13-14H2,(H,21,24). The highest BCUT2D eigenvalue weighted by molar-refractivity contribution is 5.94. The lowest BCUT2D eigenvalue weighted by Crippen LogP contribution is -2.23. The number of rotatable bonds is 5. The van der Waals surface area contributed by atoms with Crippen LogP contribution in [0.15, 0.2) is 60.9 Å². The molecule has 0 aliphatic carbocycles. The number of carbonyl (C=O) groups excluding carboxylic acids is 1. The van der Waals surface area contributed by atoms with Crippen LogP contribution < -0.4 is 14.8 Å². The van der Waals surface area contributed by atoms with E-state index in [-0.39, 0.29) is 5.91 Å². The minimum atomic E-state index is -0.106. The summed E-state index contributed by atoms with van der Waals surface area (Å²) in [7, 11) is 0. The molecule has 1 aliphatic rings. The van der Waals surface area contributed by atoms with Gasteiger partial charge in [0.25, 0.3) is 5.91 Å². The third kappa shape index (κ3) is 3.69. The first-order valence-electron chi connectivity index (χ1n) is 8.51. The predicted molar refractivity (Wildman–Crippen MR) is 96.4 cm³/mol. The van der Waals surface area contributed by atoms with Crippen molar-refractivity contribution in [1.82, 2.24) is 15.1 Å². The fourth-order valence-electron chi connectivity index (χ4n) is 2.82. The van der Waals surface area contributed by atoms with Crippen molar-refractivity contribution < 1.29 is 14.3 Å². The van der Waals surface area contributed by atoms with E-state index in [4.69, 9.17) is 9.47 Å². The number of benzene rings is 2. The van der Waals surface area contributed by atoms with Crippen LogP contribution in [0, 0.1) is 0 Å². The van der Waals surface area contributed by atoms with Gasteiger partial charge in [-0.05, 0) is 41.5 Å². The maximum Gasteiger partial charge on any atom is 0.251 e. The molecule has 1 aromatic heterocycles. The Hall–Kier alpha value is -3.28. The number of nitrogens with one attached hydrogen (secondary N) is 1. The molecule has 1 N–H and O–H groups in total. The second kappa shape index (κ2) is 7.31. The molecule has 4 rings (SSSR count). The van der Waals surface area contributed by atoms with E-state index in [2.05, 4.69) is 10.4 Å². The molecule has 0 atom stereocenters. The average molecular weight is 349 g/mol. The molecule has 3 aromatic rings. The number of carbonyl (C=O) groups is 1. The molecule has 0 saturated heterocycles.